The third kappa shape index (κ3) is 4.61. The first kappa shape index (κ1) is 18.8. The fourth-order valence-corrected chi connectivity index (χ4v) is 2.36. The summed E-state index contributed by atoms with van der Waals surface area (Å²) in [6, 6.07) is 10.4. The van der Waals surface area contributed by atoms with Crippen LogP contribution in [0.3, 0.4) is 0 Å². The Bertz CT molecular complexity index is 945. The van der Waals surface area contributed by atoms with Crippen LogP contribution in [-0.2, 0) is 0 Å². The maximum absolute atomic E-state index is 11.9. The lowest BCUT2D eigenvalue weighted by molar-refractivity contribution is 0.0945. The van der Waals surface area contributed by atoms with E-state index in [1.807, 2.05) is 24.3 Å². The number of hydrogen-bond acceptors (Lipinski definition) is 6. The van der Waals surface area contributed by atoms with E-state index in [1.54, 1.807) is 26.0 Å². The number of nitrogens with zero attached hydrogens (tertiary/aromatic N) is 2. The zero-order chi connectivity index (χ0) is 19.9. The van der Waals surface area contributed by atoms with E-state index >= 15 is 0 Å². The highest BCUT2D eigenvalue weighted by molar-refractivity contribution is 5.96. The monoisotopic (exact) mass is 378 g/mol. The molecule has 0 fully saturated rings. The Kier molecular flexibility index (Phi) is 5.81. The van der Waals surface area contributed by atoms with E-state index in [0.29, 0.717) is 22.6 Å². The van der Waals surface area contributed by atoms with Crippen LogP contribution in [0.4, 0.5) is 0 Å². The van der Waals surface area contributed by atoms with Crippen LogP contribution in [0, 0.1) is 13.8 Å². The van der Waals surface area contributed by atoms with Gasteiger partial charge in [0.05, 0.1) is 36.1 Å². The molecule has 0 unspecified atom stereocenters. The Morgan fingerprint density at radius 2 is 1.14 bits per heavy atom. The number of carbonyl (C=O) groups excluding carboxylic acids is 2. The van der Waals surface area contributed by atoms with Crippen molar-refractivity contribution in [2.45, 2.75) is 13.8 Å². The normalized spacial score (nSPS) is 11.2. The molecule has 1 aromatic carbocycles. The molecule has 0 saturated heterocycles. The number of furan rings is 2. The summed E-state index contributed by atoms with van der Waals surface area (Å²) in [5.41, 5.74) is 7.35. The molecule has 28 heavy (non-hydrogen) atoms. The van der Waals surface area contributed by atoms with Gasteiger partial charge in [0.25, 0.3) is 11.8 Å². The minimum Gasteiger partial charge on any atom is -0.469 e. The van der Waals surface area contributed by atoms with Gasteiger partial charge in [0.2, 0.25) is 0 Å². The molecule has 3 rings (SSSR count). The number of benzene rings is 1. The lowest BCUT2D eigenvalue weighted by Crippen LogP contribution is -2.17. The molecule has 0 atom stereocenters. The van der Waals surface area contributed by atoms with Gasteiger partial charge < -0.3 is 8.83 Å². The summed E-state index contributed by atoms with van der Waals surface area (Å²) in [5.74, 6) is 0.391. The predicted molar refractivity (Wildman–Crippen MR) is 103 cm³/mol. The molecule has 2 aromatic heterocycles. The van der Waals surface area contributed by atoms with Crippen molar-refractivity contribution in [2.75, 3.05) is 0 Å². The second kappa shape index (κ2) is 8.63. The summed E-state index contributed by atoms with van der Waals surface area (Å²) in [6.07, 6.45) is 5.95. The van der Waals surface area contributed by atoms with Crippen molar-refractivity contribution < 1.29 is 18.4 Å². The van der Waals surface area contributed by atoms with Gasteiger partial charge in [-0.15, -0.1) is 0 Å². The Morgan fingerprint density at radius 3 is 1.46 bits per heavy atom. The third-order valence-corrected chi connectivity index (χ3v) is 3.90. The van der Waals surface area contributed by atoms with E-state index in [-0.39, 0.29) is 11.8 Å². The Labute approximate surface area is 160 Å². The van der Waals surface area contributed by atoms with Gasteiger partial charge in [0.15, 0.2) is 0 Å². The molecular formula is C20H18N4O4. The van der Waals surface area contributed by atoms with E-state index < -0.39 is 0 Å². The Balaban J connectivity index is 1.52. The van der Waals surface area contributed by atoms with E-state index in [4.69, 9.17) is 8.83 Å². The number of amides is 2. The van der Waals surface area contributed by atoms with Crippen LogP contribution in [-0.4, -0.2) is 24.2 Å². The topological polar surface area (TPSA) is 109 Å². The van der Waals surface area contributed by atoms with Gasteiger partial charge in [-0.2, -0.15) is 10.2 Å². The number of hydrogen-bond donors (Lipinski definition) is 2. The van der Waals surface area contributed by atoms with Gasteiger partial charge in [0.1, 0.15) is 11.5 Å². The molecule has 0 radical (unpaired) electrons. The lowest BCUT2D eigenvalue weighted by Gasteiger charge is -1.99. The van der Waals surface area contributed by atoms with Crippen molar-refractivity contribution in [1.29, 1.82) is 0 Å². The SMILES string of the molecule is Cc1occc1C(=O)NN=Cc1ccc(C=NNC(=O)c2ccoc2C)cc1. The van der Waals surface area contributed by atoms with Crippen LogP contribution in [0.15, 0.2) is 68.0 Å². The zero-order valence-corrected chi connectivity index (χ0v) is 15.3. The largest absolute Gasteiger partial charge is 0.469 e. The van der Waals surface area contributed by atoms with Gasteiger partial charge in [0, 0.05) is 0 Å². The zero-order valence-electron chi connectivity index (χ0n) is 15.3. The second-order valence-corrected chi connectivity index (χ2v) is 5.85. The van der Waals surface area contributed by atoms with Crippen LogP contribution in [0.25, 0.3) is 0 Å². The Morgan fingerprint density at radius 1 is 0.750 bits per heavy atom. The molecule has 0 aliphatic carbocycles. The van der Waals surface area contributed by atoms with E-state index in [1.165, 1.54) is 25.0 Å². The minimum absolute atomic E-state index is 0.338. The van der Waals surface area contributed by atoms with Crippen molar-refractivity contribution in [3.05, 3.63) is 82.7 Å². The summed E-state index contributed by atoms with van der Waals surface area (Å²) < 4.78 is 10.2. The van der Waals surface area contributed by atoms with Gasteiger partial charge in [-0.25, -0.2) is 10.9 Å². The first-order chi connectivity index (χ1) is 13.5. The number of rotatable bonds is 6. The summed E-state index contributed by atoms with van der Waals surface area (Å²) in [6.45, 7) is 3.41. The number of hydrazone groups is 2. The molecule has 8 heteroatoms. The number of nitrogens with one attached hydrogen (secondary N) is 2. The molecular weight excluding hydrogens is 360 g/mol. The van der Waals surface area contributed by atoms with Crippen LogP contribution in [0.5, 0.6) is 0 Å². The smallest absolute Gasteiger partial charge is 0.274 e. The van der Waals surface area contributed by atoms with Crippen molar-refractivity contribution in [2.24, 2.45) is 10.2 Å². The summed E-state index contributed by atoms with van der Waals surface area (Å²) in [4.78, 5) is 23.8. The molecule has 0 aliphatic heterocycles. The second-order valence-electron chi connectivity index (χ2n) is 5.85. The molecule has 3 aromatic rings. The number of carbonyl (C=O) groups is 2. The maximum Gasteiger partial charge on any atom is 0.274 e. The van der Waals surface area contributed by atoms with Gasteiger partial charge >= 0.3 is 0 Å². The van der Waals surface area contributed by atoms with Crippen molar-refractivity contribution in [3.8, 4) is 0 Å². The van der Waals surface area contributed by atoms with E-state index in [0.717, 1.165) is 11.1 Å². The molecule has 2 N–H and O–H groups in total. The average Bonchev–Trinajstić information content (AvgIpc) is 3.31. The quantitative estimate of drug-likeness (QED) is 0.507. The third-order valence-electron chi connectivity index (χ3n) is 3.90. The predicted octanol–water partition coefficient (Wildman–Crippen LogP) is 3.02. The first-order valence-corrected chi connectivity index (χ1v) is 8.39. The average molecular weight is 378 g/mol. The standard InChI is InChI=1S/C20H18N4O4/c1-13-17(7-9-27-13)19(25)23-21-11-15-3-5-16(6-4-15)12-22-24-20(26)18-8-10-28-14(18)2/h3-12H,1-2H3,(H,23,25)(H,24,26). The fourth-order valence-electron chi connectivity index (χ4n) is 2.36. The first-order valence-electron chi connectivity index (χ1n) is 8.39. The molecule has 2 amide bonds. The molecule has 0 bridgehead atoms. The van der Waals surface area contributed by atoms with Crippen LogP contribution >= 0.6 is 0 Å². The molecule has 2 heterocycles. The van der Waals surface area contributed by atoms with Crippen LogP contribution < -0.4 is 10.9 Å². The fraction of sp³-hybridized carbons (Fsp3) is 0.100. The van der Waals surface area contributed by atoms with Gasteiger partial charge in [-0.05, 0) is 37.1 Å². The maximum atomic E-state index is 11.9. The molecule has 0 aliphatic rings. The highest BCUT2D eigenvalue weighted by Crippen LogP contribution is 2.09. The van der Waals surface area contributed by atoms with E-state index in [9.17, 15) is 9.59 Å². The Hall–Kier alpha value is -3.94. The van der Waals surface area contributed by atoms with Gasteiger partial charge in [-0.1, -0.05) is 24.3 Å². The highest BCUT2D eigenvalue weighted by Gasteiger charge is 2.10. The lowest BCUT2D eigenvalue weighted by atomic mass is 10.2. The molecule has 142 valence electrons. The molecule has 0 spiro atoms. The van der Waals surface area contributed by atoms with E-state index in [2.05, 4.69) is 21.1 Å². The van der Waals surface area contributed by atoms with Gasteiger partial charge in [-0.3, -0.25) is 9.59 Å². The summed E-state index contributed by atoms with van der Waals surface area (Å²) in [7, 11) is 0. The summed E-state index contributed by atoms with van der Waals surface area (Å²) in [5, 5.41) is 7.85. The van der Waals surface area contributed by atoms with Crippen molar-refractivity contribution in [1.82, 2.24) is 10.9 Å². The number of aryl methyl sites for hydroxylation is 2. The van der Waals surface area contributed by atoms with Crippen LogP contribution in [0.2, 0.25) is 0 Å². The van der Waals surface area contributed by atoms with Crippen LogP contribution in [0.1, 0.15) is 43.4 Å². The van der Waals surface area contributed by atoms with Crippen molar-refractivity contribution in [3.63, 3.8) is 0 Å². The summed E-state index contributed by atoms with van der Waals surface area (Å²) >= 11 is 0. The highest BCUT2D eigenvalue weighted by atomic mass is 16.3. The minimum atomic E-state index is -0.338. The van der Waals surface area contributed by atoms with Crippen molar-refractivity contribution >= 4 is 24.2 Å². The molecule has 0 saturated carbocycles. The molecule has 8 nitrogen and oxygen atoms in total.